The molecule has 0 radical (unpaired) electrons. The molecule has 3 rings (SSSR count). The van der Waals surface area contributed by atoms with Gasteiger partial charge in [-0.2, -0.15) is 0 Å². The van der Waals surface area contributed by atoms with Crippen molar-refractivity contribution in [2.24, 2.45) is 0 Å². The first-order chi connectivity index (χ1) is 9.68. The third-order valence-corrected chi connectivity index (χ3v) is 3.96. The second-order valence-corrected chi connectivity index (χ2v) is 5.22. The van der Waals surface area contributed by atoms with Crippen molar-refractivity contribution in [1.29, 1.82) is 0 Å². The summed E-state index contributed by atoms with van der Waals surface area (Å²) < 4.78 is 7.15. The molecule has 0 aromatic carbocycles. The minimum absolute atomic E-state index is 0.131. The molecule has 0 saturated carbocycles. The Morgan fingerprint density at radius 1 is 1.35 bits per heavy atom. The smallest absolute Gasteiger partial charge is 0.341 e. The van der Waals surface area contributed by atoms with Gasteiger partial charge >= 0.3 is 5.97 Å². The van der Waals surface area contributed by atoms with Gasteiger partial charge in [-0.1, -0.05) is 6.08 Å². The van der Waals surface area contributed by atoms with Gasteiger partial charge < -0.3 is 14.4 Å². The van der Waals surface area contributed by atoms with Crippen molar-refractivity contribution in [3.05, 3.63) is 39.3 Å². The van der Waals surface area contributed by atoms with E-state index in [9.17, 15) is 14.7 Å². The molecule has 0 amide bonds. The molecule has 1 aliphatic carbocycles. The van der Waals surface area contributed by atoms with E-state index in [1.807, 2.05) is 10.8 Å². The highest BCUT2D eigenvalue weighted by Crippen LogP contribution is 2.26. The molecule has 5 heteroatoms. The molecule has 1 aromatic heterocycles. The fourth-order valence-corrected chi connectivity index (χ4v) is 2.92. The lowest BCUT2D eigenvalue weighted by atomic mass is 9.93. The molecule has 1 N–H and O–H groups in total. The molecule has 20 heavy (non-hydrogen) atoms. The molecule has 0 bridgehead atoms. The van der Waals surface area contributed by atoms with Crippen LogP contribution in [-0.2, 0) is 17.9 Å². The SMILES string of the molecule is O=C(O)c1c2n(cc(C3=CCCCC3)c1=O)CCOC2. The Morgan fingerprint density at radius 3 is 2.90 bits per heavy atom. The quantitative estimate of drug-likeness (QED) is 0.896. The zero-order valence-electron chi connectivity index (χ0n) is 11.2. The highest BCUT2D eigenvalue weighted by atomic mass is 16.5. The van der Waals surface area contributed by atoms with Crippen LogP contribution in [-0.4, -0.2) is 22.2 Å². The highest BCUT2D eigenvalue weighted by molar-refractivity contribution is 5.90. The second-order valence-electron chi connectivity index (χ2n) is 5.22. The standard InChI is InChI=1S/C15H17NO4/c17-14-11(10-4-2-1-3-5-10)8-16-6-7-20-9-12(16)13(14)15(18)19/h4,8H,1-3,5-7,9H2,(H,18,19). The second kappa shape index (κ2) is 5.25. The van der Waals surface area contributed by atoms with E-state index in [1.54, 1.807) is 0 Å². The first-order valence-corrected chi connectivity index (χ1v) is 6.95. The zero-order chi connectivity index (χ0) is 14.1. The van der Waals surface area contributed by atoms with Crippen LogP contribution in [0.15, 0.2) is 17.1 Å². The van der Waals surface area contributed by atoms with Gasteiger partial charge in [0.05, 0.1) is 18.9 Å². The van der Waals surface area contributed by atoms with Crippen LogP contribution in [0.3, 0.4) is 0 Å². The number of nitrogens with zero attached hydrogens (tertiary/aromatic N) is 1. The van der Waals surface area contributed by atoms with Crippen molar-refractivity contribution in [2.45, 2.75) is 38.8 Å². The molecule has 0 unspecified atom stereocenters. The van der Waals surface area contributed by atoms with Crippen LogP contribution in [0.5, 0.6) is 0 Å². The van der Waals surface area contributed by atoms with E-state index in [0.29, 0.717) is 24.4 Å². The van der Waals surface area contributed by atoms with E-state index in [4.69, 9.17) is 4.74 Å². The van der Waals surface area contributed by atoms with Gasteiger partial charge in [0.25, 0.3) is 0 Å². The number of carbonyl (C=O) groups is 1. The Morgan fingerprint density at radius 2 is 2.20 bits per heavy atom. The number of carboxylic acids is 1. The van der Waals surface area contributed by atoms with Crippen molar-refractivity contribution >= 4 is 11.5 Å². The predicted molar refractivity (Wildman–Crippen MR) is 73.8 cm³/mol. The van der Waals surface area contributed by atoms with Gasteiger partial charge in [-0.05, 0) is 31.3 Å². The van der Waals surface area contributed by atoms with Gasteiger partial charge in [0.1, 0.15) is 5.56 Å². The van der Waals surface area contributed by atoms with Gasteiger partial charge in [0.2, 0.25) is 5.43 Å². The summed E-state index contributed by atoms with van der Waals surface area (Å²) in [5.74, 6) is -1.16. The molecule has 5 nitrogen and oxygen atoms in total. The van der Waals surface area contributed by atoms with Crippen LogP contribution in [0.25, 0.3) is 5.57 Å². The minimum atomic E-state index is -1.16. The molecule has 0 atom stereocenters. The Bertz CT molecular complexity index is 642. The first-order valence-electron chi connectivity index (χ1n) is 6.95. The molecule has 0 fully saturated rings. The number of rotatable bonds is 2. The Balaban J connectivity index is 2.21. The van der Waals surface area contributed by atoms with Crippen LogP contribution < -0.4 is 5.43 Å². The summed E-state index contributed by atoms with van der Waals surface area (Å²) in [7, 11) is 0. The largest absolute Gasteiger partial charge is 0.477 e. The molecule has 106 valence electrons. The average Bonchev–Trinajstić information content (AvgIpc) is 2.47. The highest BCUT2D eigenvalue weighted by Gasteiger charge is 2.24. The number of allylic oxidation sites excluding steroid dienone is 2. The molecule has 2 aliphatic rings. The van der Waals surface area contributed by atoms with Crippen LogP contribution in [0.2, 0.25) is 0 Å². The van der Waals surface area contributed by atoms with Crippen LogP contribution in [0.1, 0.15) is 47.3 Å². The van der Waals surface area contributed by atoms with Gasteiger partial charge in [-0.25, -0.2) is 4.79 Å². The number of carboxylic acid groups (broad SMARTS) is 1. The number of pyridine rings is 1. The van der Waals surface area contributed by atoms with Gasteiger partial charge in [0.15, 0.2) is 0 Å². The van der Waals surface area contributed by atoms with Gasteiger partial charge in [0, 0.05) is 18.3 Å². The molecular weight excluding hydrogens is 258 g/mol. The third-order valence-electron chi connectivity index (χ3n) is 3.96. The number of hydrogen-bond acceptors (Lipinski definition) is 3. The molecule has 0 spiro atoms. The Kier molecular flexibility index (Phi) is 3.44. The Labute approximate surface area is 116 Å². The van der Waals surface area contributed by atoms with Crippen molar-refractivity contribution in [3.63, 3.8) is 0 Å². The number of ether oxygens (including phenoxy) is 1. The predicted octanol–water partition coefficient (Wildman–Crippen LogP) is 2.03. The fourth-order valence-electron chi connectivity index (χ4n) is 2.92. The van der Waals surface area contributed by atoms with Gasteiger partial charge in [-0.3, -0.25) is 4.79 Å². The molecular formula is C15H17NO4. The first kappa shape index (κ1) is 13.1. The van der Waals surface area contributed by atoms with Crippen LogP contribution >= 0.6 is 0 Å². The maximum absolute atomic E-state index is 12.5. The summed E-state index contributed by atoms with van der Waals surface area (Å²) in [5, 5.41) is 9.36. The molecule has 0 saturated heterocycles. The van der Waals surface area contributed by atoms with Crippen LogP contribution in [0.4, 0.5) is 0 Å². The summed E-state index contributed by atoms with van der Waals surface area (Å²) in [4.78, 5) is 23.9. The maximum atomic E-state index is 12.5. The summed E-state index contributed by atoms with van der Waals surface area (Å²) in [5.41, 5.74) is 1.52. The van der Waals surface area contributed by atoms with E-state index in [0.717, 1.165) is 31.3 Å². The molecule has 1 aromatic rings. The van der Waals surface area contributed by atoms with Crippen molar-refractivity contribution in [1.82, 2.24) is 4.57 Å². The lowest BCUT2D eigenvalue weighted by molar-refractivity contribution is 0.0649. The number of aromatic nitrogens is 1. The molecule has 1 aliphatic heterocycles. The average molecular weight is 275 g/mol. The van der Waals surface area contributed by atoms with Crippen LogP contribution in [0, 0.1) is 0 Å². The molecule has 2 heterocycles. The summed E-state index contributed by atoms with van der Waals surface area (Å²) in [6, 6.07) is 0. The van der Waals surface area contributed by atoms with Gasteiger partial charge in [-0.15, -0.1) is 0 Å². The van der Waals surface area contributed by atoms with Crippen molar-refractivity contribution in [2.75, 3.05) is 6.61 Å². The van der Waals surface area contributed by atoms with E-state index >= 15 is 0 Å². The fraction of sp³-hybridized carbons (Fsp3) is 0.467. The monoisotopic (exact) mass is 275 g/mol. The van der Waals surface area contributed by atoms with E-state index in [-0.39, 0.29) is 17.6 Å². The number of aromatic carboxylic acids is 1. The summed E-state index contributed by atoms with van der Waals surface area (Å²) >= 11 is 0. The van der Waals surface area contributed by atoms with E-state index < -0.39 is 5.97 Å². The van der Waals surface area contributed by atoms with Crippen molar-refractivity contribution < 1.29 is 14.6 Å². The van der Waals surface area contributed by atoms with E-state index in [1.165, 1.54) is 0 Å². The summed E-state index contributed by atoms with van der Waals surface area (Å²) in [6.45, 7) is 1.33. The zero-order valence-corrected chi connectivity index (χ0v) is 11.2. The number of fused-ring (bicyclic) bond motifs is 1. The number of hydrogen-bond donors (Lipinski definition) is 1. The topological polar surface area (TPSA) is 68.5 Å². The maximum Gasteiger partial charge on any atom is 0.341 e. The normalized spacial score (nSPS) is 18.3. The van der Waals surface area contributed by atoms with Crippen molar-refractivity contribution in [3.8, 4) is 0 Å². The minimum Gasteiger partial charge on any atom is -0.477 e. The third kappa shape index (κ3) is 2.18. The Hall–Kier alpha value is -1.88. The lowest BCUT2D eigenvalue weighted by Crippen LogP contribution is -2.30. The summed E-state index contributed by atoms with van der Waals surface area (Å²) in [6.07, 6.45) is 7.88. The lowest BCUT2D eigenvalue weighted by Gasteiger charge is -2.23. The van der Waals surface area contributed by atoms with E-state index in [2.05, 4.69) is 6.08 Å².